The number of aliphatic carboxylic acids is 1. The first kappa shape index (κ1) is 14.9. The lowest BCUT2D eigenvalue weighted by atomic mass is 10.1. The van der Waals surface area contributed by atoms with Crippen molar-refractivity contribution in [2.75, 3.05) is 13.1 Å². The molecule has 0 bridgehead atoms. The number of carbonyl (C=O) groups excluding carboxylic acids is 1. The average Bonchev–Trinajstić information content (AvgIpc) is 2.39. The first-order chi connectivity index (χ1) is 9.13. The molecule has 5 nitrogen and oxygen atoms in total. The molecule has 19 heavy (non-hydrogen) atoms. The van der Waals surface area contributed by atoms with E-state index < -0.39 is 12.0 Å². The lowest BCUT2D eigenvalue weighted by Gasteiger charge is -2.14. The van der Waals surface area contributed by atoms with Crippen LogP contribution in [-0.2, 0) is 16.0 Å². The molecule has 0 aliphatic rings. The molecule has 0 aliphatic heterocycles. The maximum atomic E-state index is 11.6. The third-order valence-corrected chi connectivity index (χ3v) is 2.49. The van der Waals surface area contributed by atoms with Crippen LogP contribution in [-0.4, -0.2) is 36.1 Å². The quantitative estimate of drug-likeness (QED) is 0.473. The molecule has 1 aromatic carbocycles. The van der Waals surface area contributed by atoms with Crippen molar-refractivity contribution in [1.29, 1.82) is 0 Å². The molecule has 102 valence electrons. The van der Waals surface area contributed by atoms with Crippen molar-refractivity contribution >= 4 is 11.9 Å². The highest BCUT2D eigenvalue weighted by molar-refractivity contribution is 5.84. The minimum absolute atomic E-state index is 0.0740. The van der Waals surface area contributed by atoms with Crippen LogP contribution in [0.4, 0.5) is 0 Å². The number of amides is 1. The molecular weight excluding hydrogens is 244 g/mol. The second-order valence-electron chi connectivity index (χ2n) is 4.07. The molecule has 0 radical (unpaired) electrons. The summed E-state index contributed by atoms with van der Waals surface area (Å²) in [5.74, 6) is -1.38. The van der Waals surface area contributed by atoms with Crippen molar-refractivity contribution in [2.45, 2.75) is 12.5 Å². The zero-order valence-corrected chi connectivity index (χ0v) is 10.6. The number of carbonyl (C=O) groups is 2. The Bertz CT molecular complexity index is 432. The maximum Gasteiger partial charge on any atom is 0.326 e. The van der Waals surface area contributed by atoms with Crippen LogP contribution in [0.1, 0.15) is 5.56 Å². The van der Waals surface area contributed by atoms with Crippen LogP contribution in [0.15, 0.2) is 43.0 Å². The normalized spacial score (nSPS) is 11.6. The number of carboxylic acids is 1. The summed E-state index contributed by atoms with van der Waals surface area (Å²) in [6, 6.07) is 8.27. The van der Waals surface area contributed by atoms with Crippen LogP contribution in [0.3, 0.4) is 0 Å². The third-order valence-electron chi connectivity index (χ3n) is 2.49. The van der Waals surface area contributed by atoms with E-state index in [9.17, 15) is 9.59 Å². The van der Waals surface area contributed by atoms with Gasteiger partial charge in [0.1, 0.15) is 6.04 Å². The van der Waals surface area contributed by atoms with Gasteiger partial charge in [-0.15, -0.1) is 6.58 Å². The second-order valence-corrected chi connectivity index (χ2v) is 4.07. The topological polar surface area (TPSA) is 78.4 Å². The van der Waals surface area contributed by atoms with Crippen molar-refractivity contribution < 1.29 is 14.7 Å². The first-order valence-corrected chi connectivity index (χ1v) is 6.01. The Kier molecular flexibility index (Phi) is 6.32. The highest BCUT2D eigenvalue weighted by Crippen LogP contribution is 2.03. The monoisotopic (exact) mass is 262 g/mol. The highest BCUT2D eigenvalue weighted by Gasteiger charge is 2.19. The number of carboxylic acid groups (broad SMARTS) is 1. The third kappa shape index (κ3) is 5.83. The van der Waals surface area contributed by atoms with Crippen LogP contribution in [0, 0.1) is 0 Å². The van der Waals surface area contributed by atoms with Gasteiger partial charge in [-0.1, -0.05) is 36.4 Å². The minimum Gasteiger partial charge on any atom is -0.480 e. The Morgan fingerprint density at radius 3 is 2.58 bits per heavy atom. The van der Waals surface area contributed by atoms with Gasteiger partial charge in [-0.3, -0.25) is 4.79 Å². The molecule has 1 atom stereocenters. The smallest absolute Gasteiger partial charge is 0.326 e. The Morgan fingerprint density at radius 2 is 2.00 bits per heavy atom. The van der Waals surface area contributed by atoms with E-state index in [-0.39, 0.29) is 18.9 Å². The zero-order chi connectivity index (χ0) is 14.1. The van der Waals surface area contributed by atoms with Crippen LogP contribution in [0.25, 0.3) is 0 Å². The molecule has 5 heteroatoms. The number of hydrogen-bond donors (Lipinski definition) is 3. The Morgan fingerprint density at radius 1 is 1.32 bits per heavy atom. The molecule has 0 spiro atoms. The van der Waals surface area contributed by atoms with Gasteiger partial charge in [-0.2, -0.15) is 0 Å². The van der Waals surface area contributed by atoms with Crippen LogP contribution in [0.2, 0.25) is 0 Å². The van der Waals surface area contributed by atoms with Gasteiger partial charge >= 0.3 is 5.97 Å². The summed E-state index contributed by atoms with van der Waals surface area (Å²) in [6.45, 7) is 4.09. The molecule has 0 fully saturated rings. The van der Waals surface area contributed by atoms with Crippen LogP contribution in [0.5, 0.6) is 0 Å². The fraction of sp³-hybridized carbons (Fsp3) is 0.286. The van der Waals surface area contributed by atoms with Gasteiger partial charge in [-0.25, -0.2) is 4.79 Å². The summed E-state index contributed by atoms with van der Waals surface area (Å²) in [5, 5.41) is 14.4. The van der Waals surface area contributed by atoms with E-state index in [0.717, 1.165) is 5.56 Å². The predicted molar refractivity (Wildman–Crippen MR) is 72.8 cm³/mol. The largest absolute Gasteiger partial charge is 0.480 e. The van der Waals surface area contributed by atoms with Gasteiger partial charge in [0, 0.05) is 13.0 Å². The molecule has 1 amide bonds. The van der Waals surface area contributed by atoms with Gasteiger partial charge in [0.2, 0.25) is 5.91 Å². The van der Waals surface area contributed by atoms with E-state index in [1.165, 1.54) is 0 Å². The number of hydrogen-bond acceptors (Lipinski definition) is 3. The lowest BCUT2D eigenvalue weighted by molar-refractivity contribution is -0.141. The molecule has 0 aliphatic carbocycles. The second kappa shape index (κ2) is 8.05. The molecule has 0 saturated carbocycles. The minimum atomic E-state index is -1.04. The van der Waals surface area contributed by atoms with E-state index >= 15 is 0 Å². The summed E-state index contributed by atoms with van der Waals surface area (Å²) in [4.78, 5) is 22.7. The maximum absolute atomic E-state index is 11.6. The standard InChI is InChI=1S/C14H18N2O3/c1-2-8-15-10-13(17)16-12(14(18)19)9-11-6-4-3-5-7-11/h2-7,12,15H,1,8-10H2,(H,16,17)(H,18,19)/t12-/m0/s1. The van der Waals surface area contributed by atoms with E-state index in [0.29, 0.717) is 6.54 Å². The van der Waals surface area contributed by atoms with Gasteiger partial charge in [-0.05, 0) is 5.56 Å². The zero-order valence-electron chi connectivity index (χ0n) is 10.6. The fourth-order valence-electron chi connectivity index (χ4n) is 1.58. The van der Waals surface area contributed by atoms with Crippen molar-refractivity contribution in [2.24, 2.45) is 0 Å². The Balaban J connectivity index is 2.51. The number of rotatable bonds is 8. The summed E-state index contributed by atoms with van der Waals surface area (Å²) in [7, 11) is 0. The van der Waals surface area contributed by atoms with Gasteiger partial charge < -0.3 is 15.7 Å². The molecular formula is C14H18N2O3. The SMILES string of the molecule is C=CCNCC(=O)N[C@@H](Cc1ccccc1)C(=O)O. The molecule has 0 saturated heterocycles. The van der Waals surface area contributed by atoms with Crippen LogP contribution >= 0.6 is 0 Å². The lowest BCUT2D eigenvalue weighted by Crippen LogP contribution is -2.45. The van der Waals surface area contributed by atoms with E-state index in [2.05, 4.69) is 17.2 Å². The highest BCUT2D eigenvalue weighted by atomic mass is 16.4. The van der Waals surface area contributed by atoms with Crippen molar-refractivity contribution in [3.05, 3.63) is 48.6 Å². The van der Waals surface area contributed by atoms with E-state index in [1.54, 1.807) is 6.08 Å². The summed E-state index contributed by atoms with van der Waals surface area (Å²) in [5.41, 5.74) is 0.870. The molecule has 0 unspecified atom stereocenters. The van der Waals surface area contributed by atoms with Gasteiger partial charge in [0.15, 0.2) is 0 Å². The van der Waals surface area contributed by atoms with Crippen molar-refractivity contribution in [3.8, 4) is 0 Å². The Labute approximate surface area is 112 Å². The molecule has 0 aromatic heterocycles. The van der Waals surface area contributed by atoms with Gasteiger partial charge in [0.05, 0.1) is 6.54 Å². The van der Waals surface area contributed by atoms with Crippen molar-refractivity contribution in [3.63, 3.8) is 0 Å². The summed E-state index contributed by atoms with van der Waals surface area (Å²) in [6.07, 6.45) is 1.90. The molecule has 1 rings (SSSR count). The Hall–Kier alpha value is -2.14. The summed E-state index contributed by atoms with van der Waals surface area (Å²) < 4.78 is 0. The fourth-order valence-corrected chi connectivity index (χ4v) is 1.58. The van der Waals surface area contributed by atoms with Gasteiger partial charge in [0.25, 0.3) is 0 Å². The predicted octanol–water partition coefficient (Wildman–Crippen LogP) is 0.574. The molecule has 3 N–H and O–H groups in total. The average molecular weight is 262 g/mol. The van der Waals surface area contributed by atoms with E-state index in [1.807, 2.05) is 30.3 Å². The first-order valence-electron chi connectivity index (χ1n) is 6.01. The molecule has 1 aromatic rings. The summed E-state index contributed by atoms with van der Waals surface area (Å²) >= 11 is 0. The number of benzene rings is 1. The number of nitrogens with one attached hydrogen (secondary N) is 2. The van der Waals surface area contributed by atoms with E-state index in [4.69, 9.17) is 5.11 Å². The molecule has 0 heterocycles. The van der Waals surface area contributed by atoms with Crippen molar-refractivity contribution in [1.82, 2.24) is 10.6 Å². The van der Waals surface area contributed by atoms with Crippen LogP contribution < -0.4 is 10.6 Å².